The summed E-state index contributed by atoms with van der Waals surface area (Å²) < 4.78 is 0. The summed E-state index contributed by atoms with van der Waals surface area (Å²) in [7, 11) is 0. The molecule has 1 aliphatic rings. The summed E-state index contributed by atoms with van der Waals surface area (Å²) in [5, 5.41) is 3.02. The molecule has 24 heavy (non-hydrogen) atoms. The van der Waals surface area contributed by atoms with Crippen LogP contribution in [0.3, 0.4) is 0 Å². The van der Waals surface area contributed by atoms with Crippen molar-refractivity contribution in [1.29, 1.82) is 0 Å². The quantitative estimate of drug-likeness (QED) is 0.807. The second-order valence-electron chi connectivity index (χ2n) is 7.09. The van der Waals surface area contributed by atoms with E-state index in [1.807, 2.05) is 13.0 Å². The summed E-state index contributed by atoms with van der Waals surface area (Å²) in [5.41, 5.74) is 8.54. The van der Waals surface area contributed by atoms with E-state index in [9.17, 15) is 4.79 Å². The topological polar surface area (TPSA) is 58.4 Å². The van der Waals surface area contributed by atoms with Crippen molar-refractivity contribution in [2.75, 3.05) is 13.1 Å². The molecule has 1 fully saturated rings. The Bertz CT molecular complexity index is 509. The van der Waals surface area contributed by atoms with E-state index in [0.29, 0.717) is 6.54 Å². The van der Waals surface area contributed by atoms with Crippen molar-refractivity contribution in [1.82, 2.24) is 10.2 Å². The maximum atomic E-state index is 12.2. The molecule has 2 atom stereocenters. The van der Waals surface area contributed by atoms with Gasteiger partial charge in [0.1, 0.15) is 0 Å². The van der Waals surface area contributed by atoms with Gasteiger partial charge in [0.25, 0.3) is 0 Å². The first-order valence-electron chi connectivity index (χ1n) is 9.44. The van der Waals surface area contributed by atoms with Gasteiger partial charge in [-0.1, -0.05) is 57.4 Å². The molecule has 1 heterocycles. The molecule has 2 unspecified atom stereocenters. The van der Waals surface area contributed by atoms with Crippen LogP contribution in [0.1, 0.15) is 57.1 Å². The molecule has 0 aliphatic carbocycles. The monoisotopic (exact) mass is 331 g/mol. The summed E-state index contributed by atoms with van der Waals surface area (Å²) in [5.74, 6) is 0.159. The highest BCUT2D eigenvalue weighted by atomic mass is 16.2. The summed E-state index contributed by atoms with van der Waals surface area (Å²) >= 11 is 0. The van der Waals surface area contributed by atoms with E-state index >= 15 is 0 Å². The SMILES string of the molecule is CCC(C)C(N)C(=O)NCc1ccccc1CN1CCCCCC1. The number of nitrogens with two attached hydrogens (primary N) is 1. The molecule has 1 saturated heterocycles. The first-order chi connectivity index (χ1) is 11.6. The largest absolute Gasteiger partial charge is 0.351 e. The van der Waals surface area contributed by atoms with Gasteiger partial charge in [0.2, 0.25) is 5.91 Å². The van der Waals surface area contributed by atoms with Crippen molar-refractivity contribution in [2.24, 2.45) is 11.7 Å². The van der Waals surface area contributed by atoms with Crippen molar-refractivity contribution < 1.29 is 4.79 Å². The van der Waals surface area contributed by atoms with Crippen LogP contribution in [0.25, 0.3) is 0 Å². The Hall–Kier alpha value is -1.39. The molecule has 1 aliphatic heterocycles. The molecule has 2 rings (SSSR count). The number of carbonyl (C=O) groups excluding carboxylic acids is 1. The first-order valence-corrected chi connectivity index (χ1v) is 9.44. The normalized spacial score (nSPS) is 18.6. The van der Waals surface area contributed by atoms with Crippen LogP contribution in [0.15, 0.2) is 24.3 Å². The van der Waals surface area contributed by atoms with Crippen LogP contribution in [0.4, 0.5) is 0 Å². The lowest BCUT2D eigenvalue weighted by Gasteiger charge is -2.22. The van der Waals surface area contributed by atoms with Crippen LogP contribution in [0, 0.1) is 5.92 Å². The van der Waals surface area contributed by atoms with E-state index in [0.717, 1.165) is 13.0 Å². The van der Waals surface area contributed by atoms with Crippen LogP contribution >= 0.6 is 0 Å². The van der Waals surface area contributed by atoms with Gasteiger partial charge in [0, 0.05) is 13.1 Å². The van der Waals surface area contributed by atoms with E-state index in [-0.39, 0.29) is 11.8 Å². The Morgan fingerprint density at radius 1 is 1.17 bits per heavy atom. The molecule has 3 N–H and O–H groups in total. The van der Waals surface area contributed by atoms with E-state index in [4.69, 9.17) is 5.73 Å². The zero-order chi connectivity index (χ0) is 17.4. The predicted molar refractivity (Wildman–Crippen MR) is 99.5 cm³/mol. The Morgan fingerprint density at radius 2 is 1.79 bits per heavy atom. The molecule has 0 saturated carbocycles. The third-order valence-corrected chi connectivity index (χ3v) is 5.22. The van der Waals surface area contributed by atoms with Gasteiger partial charge in [-0.25, -0.2) is 0 Å². The smallest absolute Gasteiger partial charge is 0.237 e. The third kappa shape index (κ3) is 5.60. The van der Waals surface area contributed by atoms with Gasteiger partial charge in [-0.15, -0.1) is 0 Å². The van der Waals surface area contributed by atoms with Crippen molar-refractivity contribution in [3.8, 4) is 0 Å². The zero-order valence-electron chi connectivity index (χ0n) is 15.3. The highest BCUT2D eigenvalue weighted by Gasteiger charge is 2.19. The fourth-order valence-electron chi connectivity index (χ4n) is 3.23. The lowest BCUT2D eigenvalue weighted by molar-refractivity contribution is -0.123. The lowest BCUT2D eigenvalue weighted by atomic mass is 9.99. The van der Waals surface area contributed by atoms with E-state index in [2.05, 4.69) is 35.3 Å². The Morgan fingerprint density at radius 3 is 2.42 bits per heavy atom. The molecule has 0 spiro atoms. The van der Waals surface area contributed by atoms with Crippen molar-refractivity contribution >= 4 is 5.91 Å². The molecule has 4 nitrogen and oxygen atoms in total. The number of nitrogens with one attached hydrogen (secondary N) is 1. The van der Waals surface area contributed by atoms with E-state index in [1.165, 1.54) is 49.9 Å². The number of likely N-dealkylation sites (tertiary alicyclic amines) is 1. The van der Waals surface area contributed by atoms with Gasteiger partial charge in [0.15, 0.2) is 0 Å². The average molecular weight is 332 g/mol. The van der Waals surface area contributed by atoms with Crippen molar-refractivity contribution in [3.05, 3.63) is 35.4 Å². The highest BCUT2D eigenvalue weighted by Crippen LogP contribution is 2.16. The minimum atomic E-state index is -0.423. The number of rotatable bonds is 7. The third-order valence-electron chi connectivity index (χ3n) is 5.22. The summed E-state index contributed by atoms with van der Waals surface area (Å²) in [6.45, 7) is 7.99. The average Bonchev–Trinajstić information content (AvgIpc) is 2.88. The van der Waals surface area contributed by atoms with Crippen LogP contribution in [-0.4, -0.2) is 29.9 Å². The van der Waals surface area contributed by atoms with Crippen LogP contribution < -0.4 is 11.1 Å². The Labute approximate surface area is 146 Å². The molecule has 134 valence electrons. The second-order valence-corrected chi connectivity index (χ2v) is 7.09. The number of carbonyl (C=O) groups is 1. The molecule has 1 aromatic carbocycles. The molecular weight excluding hydrogens is 298 g/mol. The van der Waals surface area contributed by atoms with E-state index < -0.39 is 6.04 Å². The number of hydrogen-bond acceptors (Lipinski definition) is 3. The number of nitrogens with zero attached hydrogens (tertiary/aromatic N) is 1. The maximum absolute atomic E-state index is 12.2. The lowest BCUT2D eigenvalue weighted by Crippen LogP contribution is -2.44. The zero-order valence-corrected chi connectivity index (χ0v) is 15.3. The maximum Gasteiger partial charge on any atom is 0.237 e. The molecule has 1 amide bonds. The second kappa shape index (κ2) is 9.80. The summed E-state index contributed by atoms with van der Waals surface area (Å²) in [6.07, 6.45) is 6.20. The van der Waals surface area contributed by atoms with Crippen molar-refractivity contribution in [2.45, 2.75) is 65.1 Å². The number of hydrogen-bond donors (Lipinski definition) is 2. The van der Waals surface area contributed by atoms with Crippen LogP contribution in [0.2, 0.25) is 0 Å². The molecular formula is C20H33N3O. The van der Waals surface area contributed by atoms with Crippen molar-refractivity contribution in [3.63, 3.8) is 0 Å². The molecule has 0 bridgehead atoms. The summed E-state index contributed by atoms with van der Waals surface area (Å²) in [4.78, 5) is 14.8. The van der Waals surface area contributed by atoms with Crippen LogP contribution in [0.5, 0.6) is 0 Å². The molecule has 1 aromatic rings. The predicted octanol–water partition coefficient (Wildman–Crippen LogP) is 3.05. The van der Waals surface area contributed by atoms with Gasteiger partial charge in [-0.2, -0.15) is 0 Å². The van der Waals surface area contributed by atoms with E-state index in [1.54, 1.807) is 0 Å². The molecule has 0 radical (unpaired) electrons. The highest BCUT2D eigenvalue weighted by molar-refractivity contribution is 5.81. The molecule has 4 heteroatoms. The summed E-state index contributed by atoms with van der Waals surface area (Å²) in [6, 6.07) is 8.00. The Balaban J connectivity index is 1.94. The first kappa shape index (κ1) is 18.9. The van der Waals surface area contributed by atoms with Gasteiger partial charge in [0.05, 0.1) is 6.04 Å². The minimum Gasteiger partial charge on any atom is -0.351 e. The number of benzene rings is 1. The standard InChI is InChI=1S/C20H33N3O/c1-3-16(2)19(21)20(24)22-14-17-10-6-7-11-18(17)15-23-12-8-4-5-9-13-23/h6-7,10-11,16,19H,3-5,8-9,12-15,21H2,1-2H3,(H,22,24). The van der Waals surface area contributed by atoms with Gasteiger partial charge < -0.3 is 11.1 Å². The minimum absolute atomic E-state index is 0.0473. The fourth-order valence-corrected chi connectivity index (χ4v) is 3.23. The van der Waals surface area contributed by atoms with Crippen LogP contribution in [-0.2, 0) is 17.9 Å². The molecule has 0 aromatic heterocycles. The fraction of sp³-hybridized carbons (Fsp3) is 0.650. The van der Waals surface area contributed by atoms with Gasteiger partial charge >= 0.3 is 0 Å². The van der Waals surface area contributed by atoms with Gasteiger partial charge in [-0.3, -0.25) is 9.69 Å². The van der Waals surface area contributed by atoms with Gasteiger partial charge in [-0.05, 0) is 43.0 Å². The Kier molecular flexibility index (Phi) is 7.73. The number of amides is 1.